The summed E-state index contributed by atoms with van der Waals surface area (Å²) in [5.74, 6) is 1.72. The topological polar surface area (TPSA) is 44.1 Å². The maximum atomic E-state index is 11.7. The van der Waals surface area contributed by atoms with E-state index in [4.69, 9.17) is 4.74 Å². The average Bonchev–Trinajstić information content (AvgIpc) is 3.26. The largest absolute Gasteiger partial charge is 0.496 e. The molecule has 1 heterocycles. The average molecular weight is 270 g/mol. The van der Waals surface area contributed by atoms with Crippen molar-refractivity contribution in [3.05, 3.63) is 46.4 Å². The van der Waals surface area contributed by atoms with Crippen molar-refractivity contribution in [1.82, 2.24) is 9.78 Å². The fourth-order valence-corrected chi connectivity index (χ4v) is 2.38. The highest BCUT2D eigenvalue weighted by Crippen LogP contribution is 2.36. The molecule has 1 aromatic carbocycles. The lowest BCUT2D eigenvalue weighted by Gasteiger charge is -2.10. The van der Waals surface area contributed by atoms with Gasteiger partial charge in [0.25, 0.3) is 5.56 Å². The van der Waals surface area contributed by atoms with Crippen LogP contribution in [-0.2, 0) is 13.5 Å². The quantitative estimate of drug-likeness (QED) is 0.857. The molecule has 0 N–H and O–H groups in total. The monoisotopic (exact) mass is 270 g/mol. The SMILES string of the molecule is COc1ccc(-c2cnn(C)c(=O)c2)cc1CC1CC1. The molecule has 4 nitrogen and oxygen atoms in total. The minimum Gasteiger partial charge on any atom is -0.496 e. The van der Waals surface area contributed by atoms with Crippen molar-refractivity contribution in [3.63, 3.8) is 0 Å². The Hall–Kier alpha value is -2.10. The molecule has 3 rings (SSSR count). The molecule has 1 fully saturated rings. The summed E-state index contributed by atoms with van der Waals surface area (Å²) in [5.41, 5.74) is 3.00. The number of benzene rings is 1. The Morgan fingerprint density at radius 1 is 1.30 bits per heavy atom. The van der Waals surface area contributed by atoms with Crippen LogP contribution in [0.5, 0.6) is 5.75 Å². The van der Waals surface area contributed by atoms with Gasteiger partial charge in [0, 0.05) is 18.7 Å². The van der Waals surface area contributed by atoms with Crippen LogP contribution in [-0.4, -0.2) is 16.9 Å². The zero-order valence-corrected chi connectivity index (χ0v) is 11.8. The summed E-state index contributed by atoms with van der Waals surface area (Å²) in [7, 11) is 3.35. The molecule has 0 amide bonds. The van der Waals surface area contributed by atoms with Gasteiger partial charge < -0.3 is 4.74 Å². The fraction of sp³-hybridized carbons (Fsp3) is 0.375. The van der Waals surface area contributed by atoms with Crippen molar-refractivity contribution in [2.24, 2.45) is 13.0 Å². The summed E-state index contributed by atoms with van der Waals surface area (Å²) < 4.78 is 6.76. The Bertz CT molecular complexity index is 687. The molecule has 104 valence electrons. The highest BCUT2D eigenvalue weighted by Gasteiger charge is 2.23. The first kappa shape index (κ1) is 12.9. The second-order valence-electron chi connectivity index (χ2n) is 5.38. The molecule has 0 radical (unpaired) electrons. The first-order valence-electron chi connectivity index (χ1n) is 6.88. The Labute approximate surface area is 118 Å². The van der Waals surface area contributed by atoms with Gasteiger partial charge in [0.1, 0.15) is 5.75 Å². The number of methoxy groups -OCH3 is 1. The molecule has 2 aromatic rings. The number of ether oxygens (including phenoxy) is 1. The van der Waals surface area contributed by atoms with Crippen molar-refractivity contribution >= 4 is 0 Å². The molecule has 1 saturated carbocycles. The van der Waals surface area contributed by atoms with E-state index in [-0.39, 0.29) is 5.56 Å². The zero-order chi connectivity index (χ0) is 14.1. The third kappa shape index (κ3) is 2.59. The molecule has 0 spiro atoms. The van der Waals surface area contributed by atoms with E-state index in [9.17, 15) is 4.79 Å². The highest BCUT2D eigenvalue weighted by atomic mass is 16.5. The van der Waals surface area contributed by atoms with Crippen molar-refractivity contribution in [2.75, 3.05) is 7.11 Å². The minimum absolute atomic E-state index is 0.0953. The van der Waals surface area contributed by atoms with E-state index >= 15 is 0 Å². The van der Waals surface area contributed by atoms with Crippen LogP contribution in [0.4, 0.5) is 0 Å². The van der Waals surface area contributed by atoms with Crippen LogP contribution >= 0.6 is 0 Å². The van der Waals surface area contributed by atoms with Crippen molar-refractivity contribution in [2.45, 2.75) is 19.3 Å². The van der Waals surface area contributed by atoms with E-state index < -0.39 is 0 Å². The van der Waals surface area contributed by atoms with E-state index in [1.165, 1.54) is 23.1 Å². The van der Waals surface area contributed by atoms with Gasteiger partial charge in [-0.3, -0.25) is 4.79 Å². The summed E-state index contributed by atoms with van der Waals surface area (Å²) in [5, 5.41) is 4.07. The van der Waals surface area contributed by atoms with Gasteiger partial charge in [0.2, 0.25) is 0 Å². The summed E-state index contributed by atoms with van der Waals surface area (Å²) in [6, 6.07) is 7.69. The van der Waals surface area contributed by atoms with E-state index in [1.807, 2.05) is 12.1 Å². The molecule has 0 atom stereocenters. The summed E-state index contributed by atoms with van der Waals surface area (Å²) in [6.07, 6.45) is 5.39. The van der Waals surface area contributed by atoms with Gasteiger partial charge in [0.05, 0.1) is 13.3 Å². The lowest BCUT2D eigenvalue weighted by atomic mass is 10.0. The van der Waals surface area contributed by atoms with Crippen molar-refractivity contribution in [1.29, 1.82) is 0 Å². The molecule has 0 unspecified atom stereocenters. The van der Waals surface area contributed by atoms with E-state index in [1.54, 1.807) is 26.4 Å². The molecule has 1 aliphatic carbocycles. The number of rotatable bonds is 4. The number of nitrogens with zero attached hydrogens (tertiary/aromatic N) is 2. The van der Waals surface area contributed by atoms with Gasteiger partial charge in [-0.15, -0.1) is 0 Å². The third-order valence-corrected chi connectivity index (χ3v) is 3.79. The zero-order valence-electron chi connectivity index (χ0n) is 11.8. The van der Waals surface area contributed by atoms with Crippen LogP contribution in [0.2, 0.25) is 0 Å². The number of hydrogen-bond donors (Lipinski definition) is 0. The molecule has 0 bridgehead atoms. The number of aromatic nitrogens is 2. The first-order valence-corrected chi connectivity index (χ1v) is 6.88. The molecular formula is C16H18N2O2. The molecule has 20 heavy (non-hydrogen) atoms. The van der Waals surface area contributed by atoms with Crippen LogP contribution in [0.25, 0.3) is 11.1 Å². The predicted molar refractivity (Wildman–Crippen MR) is 77.9 cm³/mol. The second-order valence-corrected chi connectivity index (χ2v) is 5.38. The smallest absolute Gasteiger partial charge is 0.267 e. The van der Waals surface area contributed by atoms with Gasteiger partial charge in [-0.25, -0.2) is 4.68 Å². The summed E-state index contributed by atoms with van der Waals surface area (Å²) >= 11 is 0. The summed E-state index contributed by atoms with van der Waals surface area (Å²) in [6.45, 7) is 0. The minimum atomic E-state index is -0.0953. The second kappa shape index (κ2) is 5.12. The molecule has 1 aromatic heterocycles. The van der Waals surface area contributed by atoms with Gasteiger partial charge in [0.15, 0.2) is 0 Å². The Kier molecular flexibility index (Phi) is 3.30. The first-order chi connectivity index (χ1) is 9.67. The van der Waals surface area contributed by atoms with Crippen LogP contribution in [0.1, 0.15) is 18.4 Å². The Balaban J connectivity index is 2.00. The van der Waals surface area contributed by atoms with Crippen LogP contribution < -0.4 is 10.3 Å². The van der Waals surface area contributed by atoms with Gasteiger partial charge in [-0.1, -0.05) is 6.07 Å². The molecule has 0 aliphatic heterocycles. The van der Waals surface area contributed by atoms with Gasteiger partial charge >= 0.3 is 0 Å². The standard InChI is InChI=1S/C16H18N2O2/c1-18-16(19)9-14(10-17-18)12-5-6-15(20-2)13(8-12)7-11-3-4-11/h5-6,8-11H,3-4,7H2,1-2H3. The van der Waals surface area contributed by atoms with Crippen molar-refractivity contribution < 1.29 is 4.74 Å². The van der Waals surface area contributed by atoms with Gasteiger partial charge in [-0.05, 0) is 48.4 Å². The highest BCUT2D eigenvalue weighted by molar-refractivity contribution is 5.64. The number of aryl methyl sites for hydroxylation is 1. The normalized spacial score (nSPS) is 14.3. The molecular weight excluding hydrogens is 252 g/mol. The van der Waals surface area contributed by atoms with Crippen LogP contribution in [0, 0.1) is 5.92 Å². The van der Waals surface area contributed by atoms with Gasteiger partial charge in [-0.2, -0.15) is 5.10 Å². The Morgan fingerprint density at radius 3 is 2.75 bits per heavy atom. The predicted octanol–water partition coefficient (Wildman–Crippen LogP) is 2.41. The fourth-order valence-electron chi connectivity index (χ4n) is 2.38. The maximum Gasteiger partial charge on any atom is 0.267 e. The van der Waals surface area contributed by atoms with E-state index in [2.05, 4.69) is 11.2 Å². The Morgan fingerprint density at radius 2 is 2.10 bits per heavy atom. The lowest BCUT2D eigenvalue weighted by molar-refractivity contribution is 0.409. The van der Waals surface area contributed by atoms with Crippen LogP contribution in [0.3, 0.4) is 0 Å². The third-order valence-electron chi connectivity index (χ3n) is 3.79. The molecule has 0 saturated heterocycles. The van der Waals surface area contributed by atoms with Crippen LogP contribution in [0.15, 0.2) is 35.3 Å². The lowest BCUT2D eigenvalue weighted by Crippen LogP contribution is -2.17. The number of hydrogen-bond acceptors (Lipinski definition) is 3. The molecule has 4 heteroatoms. The van der Waals surface area contributed by atoms with E-state index in [0.717, 1.165) is 29.2 Å². The maximum absolute atomic E-state index is 11.7. The molecule has 1 aliphatic rings. The summed E-state index contributed by atoms with van der Waals surface area (Å²) in [4.78, 5) is 11.7. The van der Waals surface area contributed by atoms with E-state index in [0.29, 0.717) is 0 Å². The van der Waals surface area contributed by atoms with Crippen molar-refractivity contribution in [3.8, 4) is 16.9 Å².